The first-order valence-electron chi connectivity index (χ1n) is 7.02. The quantitative estimate of drug-likeness (QED) is 0.611. The van der Waals surface area contributed by atoms with E-state index in [1.54, 1.807) is 0 Å². The fraction of sp³-hybridized carbons (Fsp3) is 0.647. The highest BCUT2D eigenvalue weighted by atomic mass is 79.9. The Morgan fingerprint density at radius 2 is 1.78 bits per heavy atom. The van der Waals surface area contributed by atoms with Gasteiger partial charge in [0.25, 0.3) is 0 Å². The van der Waals surface area contributed by atoms with Gasteiger partial charge in [-0.25, -0.2) is 0 Å². The van der Waals surface area contributed by atoms with Gasteiger partial charge in [-0.1, -0.05) is 74.8 Å². The van der Waals surface area contributed by atoms with Crippen LogP contribution >= 0.6 is 15.9 Å². The third-order valence-corrected chi connectivity index (χ3v) is 6.00. The number of hydrogen-bond acceptors (Lipinski definition) is 0. The van der Waals surface area contributed by atoms with E-state index in [2.05, 4.69) is 74.8 Å². The minimum Gasteiger partial charge on any atom is -0.0836 e. The summed E-state index contributed by atoms with van der Waals surface area (Å²) in [5, 5.41) is 0. The molecular formula is C17H25Br. The van der Waals surface area contributed by atoms with Crippen LogP contribution in [0.15, 0.2) is 24.3 Å². The molecule has 100 valence electrons. The molecule has 0 saturated heterocycles. The molecule has 0 bridgehead atoms. The van der Waals surface area contributed by atoms with Gasteiger partial charge in [0, 0.05) is 4.83 Å². The van der Waals surface area contributed by atoms with E-state index in [0.717, 1.165) is 5.92 Å². The first kappa shape index (κ1) is 14.1. The third-order valence-electron chi connectivity index (χ3n) is 4.84. The normalized spacial score (nSPS) is 23.8. The predicted molar refractivity (Wildman–Crippen MR) is 83.3 cm³/mol. The highest BCUT2D eigenvalue weighted by molar-refractivity contribution is 9.09. The van der Waals surface area contributed by atoms with Crippen LogP contribution in [0.5, 0.6) is 0 Å². The Morgan fingerprint density at radius 3 is 2.17 bits per heavy atom. The van der Waals surface area contributed by atoms with E-state index in [-0.39, 0.29) is 0 Å². The number of rotatable bonds is 4. The van der Waals surface area contributed by atoms with Crippen molar-refractivity contribution in [1.82, 2.24) is 0 Å². The Labute approximate surface area is 120 Å². The first-order valence-corrected chi connectivity index (χ1v) is 7.94. The van der Waals surface area contributed by atoms with E-state index in [4.69, 9.17) is 0 Å². The van der Waals surface area contributed by atoms with Crippen LogP contribution in [0, 0.1) is 11.3 Å². The first-order chi connectivity index (χ1) is 8.28. The lowest BCUT2D eigenvalue weighted by Crippen LogP contribution is -2.15. The summed E-state index contributed by atoms with van der Waals surface area (Å²) >= 11 is 3.88. The average molecular weight is 309 g/mol. The van der Waals surface area contributed by atoms with E-state index in [0.29, 0.717) is 15.7 Å². The second kappa shape index (κ2) is 4.67. The van der Waals surface area contributed by atoms with Crippen LogP contribution in [0.2, 0.25) is 0 Å². The monoisotopic (exact) mass is 308 g/mol. The van der Waals surface area contributed by atoms with Crippen LogP contribution in [0.4, 0.5) is 0 Å². The molecule has 0 aromatic heterocycles. The molecule has 1 saturated carbocycles. The molecule has 2 unspecified atom stereocenters. The van der Waals surface area contributed by atoms with Crippen LogP contribution in [-0.4, -0.2) is 0 Å². The van der Waals surface area contributed by atoms with Gasteiger partial charge in [-0.05, 0) is 40.7 Å². The van der Waals surface area contributed by atoms with Crippen molar-refractivity contribution in [2.45, 2.75) is 57.7 Å². The minimum absolute atomic E-state index is 0.291. The molecule has 0 amide bonds. The summed E-state index contributed by atoms with van der Waals surface area (Å²) in [4.78, 5) is 0.520. The van der Waals surface area contributed by atoms with E-state index in [1.807, 2.05) is 0 Å². The fourth-order valence-electron chi connectivity index (χ4n) is 2.56. The molecule has 0 radical (unpaired) electrons. The molecule has 2 atom stereocenters. The molecule has 18 heavy (non-hydrogen) atoms. The second-order valence-corrected chi connectivity index (χ2v) is 8.05. The van der Waals surface area contributed by atoms with E-state index < -0.39 is 0 Å². The van der Waals surface area contributed by atoms with Crippen LogP contribution in [0.25, 0.3) is 0 Å². The summed E-state index contributed by atoms with van der Waals surface area (Å²) in [7, 11) is 0. The van der Waals surface area contributed by atoms with Crippen LogP contribution < -0.4 is 0 Å². The van der Waals surface area contributed by atoms with Gasteiger partial charge in [0.05, 0.1) is 0 Å². The Kier molecular flexibility index (Phi) is 3.66. The van der Waals surface area contributed by atoms with Gasteiger partial charge in [0.15, 0.2) is 0 Å². The van der Waals surface area contributed by atoms with Crippen molar-refractivity contribution < 1.29 is 0 Å². The lowest BCUT2D eigenvalue weighted by atomic mass is 9.82. The maximum Gasteiger partial charge on any atom is 0.0428 e. The van der Waals surface area contributed by atoms with Gasteiger partial charge >= 0.3 is 0 Å². The van der Waals surface area contributed by atoms with Crippen molar-refractivity contribution >= 4 is 15.9 Å². The zero-order chi connectivity index (χ0) is 13.6. The van der Waals surface area contributed by atoms with Crippen LogP contribution in [0.3, 0.4) is 0 Å². The summed E-state index contributed by atoms with van der Waals surface area (Å²) in [6, 6.07) is 9.23. The molecule has 0 heterocycles. The Hall–Kier alpha value is -0.300. The molecule has 1 fully saturated rings. The van der Waals surface area contributed by atoms with Gasteiger partial charge in [-0.2, -0.15) is 0 Å². The maximum atomic E-state index is 3.88. The molecule has 1 aliphatic rings. The van der Waals surface area contributed by atoms with Crippen molar-refractivity contribution in [3.05, 3.63) is 35.4 Å². The third kappa shape index (κ3) is 2.66. The molecule has 1 aliphatic carbocycles. The molecule has 0 nitrogen and oxygen atoms in total. The standard InChI is InChI=1S/C17H25Br/c1-6-16(2,3)13-9-7-12(8-10-13)15(18)14-11-17(14,4)5/h7-10,14-15H,6,11H2,1-5H3. The van der Waals surface area contributed by atoms with Crippen LogP contribution in [0.1, 0.15) is 63.4 Å². The van der Waals surface area contributed by atoms with Crippen molar-refractivity contribution in [3.63, 3.8) is 0 Å². The van der Waals surface area contributed by atoms with Gasteiger partial charge in [-0.3, -0.25) is 0 Å². The Balaban J connectivity index is 2.13. The lowest BCUT2D eigenvalue weighted by molar-refractivity contribution is 0.505. The molecule has 2 rings (SSSR count). The summed E-state index contributed by atoms with van der Waals surface area (Å²) in [6.07, 6.45) is 2.52. The van der Waals surface area contributed by atoms with Gasteiger partial charge in [0.1, 0.15) is 0 Å². The van der Waals surface area contributed by atoms with Gasteiger partial charge in [-0.15, -0.1) is 0 Å². The minimum atomic E-state index is 0.291. The molecule has 0 N–H and O–H groups in total. The van der Waals surface area contributed by atoms with Crippen LogP contribution in [-0.2, 0) is 5.41 Å². The molecule has 1 aromatic carbocycles. The molecule has 1 aromatic rings. The highest BCUT2D eigenvalue weighted by Gasteiger charge is 2.49. The van der Waals surface area contributed by atoms with Crippen molar-refractivity contribution in [2.75, 3.05) is 0 Å². The topological polar surface area (TPSA) is 0 Å². The lowest BCUT2D eigenvalue weighted by Gasteiger charge is -2.24. The largest absolute Gasteiger partial charge is 0.0836 e. The van der Waals surface area contributed by atoms with Gasteiger partial charge < -0.3 is 0 Å². The maximum absolute atomic E-state index is 3.88. The molecular weight excluding hydrogens is 284 g/mol. The Bertz CT molecular complexity index is 414. The fourth-order valence-corrected chi connectivity index (χ4v) is 3.77. The van der Waals surface area contributed by atoms with Crippen molar-refractivity contribution in [2.24, 2.45) is 11.3 Å². The summed E-state index contributed by atoms with van der Waals surface area (Å²) in [5.74, 6) is 0.794. The summed E-state index contributed by atoms with van der Waals surface area (Å²) < 4.78 is 0. The van der Waals surface area contributed by atoms with E-state index in [9.17, 15) is 0 Å². The highest BCUT2D eigenvalue weighted by Crippen LogP contribution is 2.60. The number of benzene rings is 1. The SMILES string of the molecule is CCC(C)(C)c1ccc(C(Br)C2CC2(C)C)cc1. The number of hydrogen-bond donors (Lipinski definition) is 0. The van der Waals surface area contributed by atoms with Gasteiger partial charge in [0.2, 0.25) is 0 Å². The molecule has 0 aliphatic heterocycles. The smallest absolute Gasteiger partial charge is 0.0428 e. The molecule has 1 heteroatoms. The zero-order valence-electron chi connectivity index (χ0n) is 12.3. The number of alkyl halides is 1. The van der Waals surface area contributed by atoms with E-state index >= 15 is 0 Å². The Morgan fingerprint density at radius 1 is 1.28 bits per heavy atom. The zero-order valence-corrected chi connectivity index (χ0v) is 13.8. The van der Waals surface area contributed by atoms with Crippen molar-refractivity contribution in [3.8, 4) is 0 Å². The van der Waals surface area contributed by atoms with Crippen molar-refractivity contribution in [1.29, 1.82) is 0 Å². The average Bonchev–Trinajstić information content (AvgIpc) is 2.98. The number of halogens is 1. The summed E-state index contributed by atoms with van der Waals surface area (Å²) in [6.45, 7) is 11.6. The summed E-state index contributed by atoms with van der Waals surface area (Å²) in [5.41, 5.74) is 3.69. The van der Waals surface area contributed by atoms with E-state index in [1.165, 1.54) is 24.0 Å². The second-order valence-electron chi connectivity index (χ2n) is 7.06. The molecule has 0 spiro atoms. The predicted octanol–water partition coefficient (Wildman–Crippen LogP) is 5.86.